The van der Waals surface area contributed by atoms with Gasteiger partial charge < -0.3 is 23.7 Å². The second-order valence-electron chi connectivity index (χ2n) is 4.67. The zero-order chi connectivity index (χ0) is 16.2. The van der Waals surface area contributed by atoms with Crippen LogP contribution in [-0.2, 0) is 38.1 Å². The van der Waals surface area contributed by atoms with Crippen LogP contribution in [-0.4, -0.2) is 55.7 Å². The molecule has 0 aromatic rings. The molecule has 1 saturated heterocycles. The van der Waals surface area contributed by atoms with Crippen molar-refractivity contribution in [3.63, 3.8) is 0 Å². The summed E-state index contributed by atoms with van der Waals surface area (Å²) in [5.41, 5.74) is 0. The molecule has 1 aliphatic heterocycles. The third-order valence-corrected chi connectivity index (χ3v) is 2.86. The molecule has 1 rings (SSSR count). The molecular formula is C13H20O8. The summed E-state index contributed by atoms with van der Waals surface area (Å²) in [6, 6.07) is 0. The zero-order valence-corrected chi connectivity index (χ0v) is 12.7. The molecule has 5 unspecified atom stereocenters. The second-order valence-corrected chi connectivity index (χ2v) is 4.67. The van der Waals surface area contributed by atoms with Gasteiger partial charge in [-0.3, -0.25) is 14.4 Å². The Morgan fingerprint density at radius 1 is 0.952 bits per heavy atom. The van der Waals surface area contributed by atoms with E-state index in [4.69, 9.17) is 23.7 Å². The van der Waals surface area contributed by atoms with Gasteiger partial charge in [-0.1, -0.05) is 0 Å². The lowest BCUT2D eigenvalue weighted by Gasteiger charge is -2.25. The highest BCUT2D eigenvalue weighted by molar-refractivity contribution is 5.68. The third kappa shape index (κ3) is 4.68. The molecule has 0 aromatic carbocycles. The van der Waals surface area contributed by atoms with Crippen molar-refractivity contribution in [2.45, 2.75) is 58.4 Å². The lowest BCUT2D eigenvalue weighted by molar-refractivity contribution is -0.185. The zero-order valence-electron chi connectivity index (χ0n) is 12.7. The van der Waals surface area contributed by atoms with Gasteiger partial charge in [0.1, 0.15) is 12.2 Å². The van der Waals surface area contributed by atoms with E-state index in [1.165, 1.54) is 27.9 Å². The number of esters is 3. The average molecular weight is 304 g/mol. The Labute approximate surface area is 122 Å². The van der Waals surface area contributed by atoms with E-state index in [-0.39, 0.29) is 0 Å². The Balaban J connectivity index is 2.96. The summed E-state index contributed by atoms with van der Waals surface area (Å²) in [5.74, 6) is -1.64. The number of rotatable bonds is 5. The van der Waals surface area contributed by atoms with Gasteiger partial charge in [0.15, 0.2) is 18.5 Å². The first-order valence-electron chi connectivity index (χ1n) is 6.46. The van der Waals surface area contributed by atoms with Crippen molar-refractivity contribution in [3.8, 4) is 0 Å². The van der Waals surface area contributed by atoms with Crippen molar-refractivity contribution in [2.24, 2.45) is 0 Å². The summed E-state index contributed by atoms with van der Waals surface area (Å²) in [4.78, 5) is 33.5. The van der Waals surface area contributed by atoms with E-state index >= 15 is 0 Å². The van der Waals surface area contributed by atoms with Crippen molar-refractivity contribution >= 4 is 17.9 Å². The number of hydrogen-bond acceptors (Lipinski definition) is 8. The number of hydrogen-bond donors (Lipinski definition) is 0. The summed E-state index contributed by atoms with van der Waals surface area (Å²) in [7, 11) is 1.37. The molecule has 0 N–H and O–H groups in total. The van der Waals surface area contributed by atoms with E-state index in [9.17, 15) is 14.4 Å². The maximum atomic E-state index is 11.2. The molecule has 5 atom stereocenters. The molecule has 21 heavy (non-hydrogen) atoms. The van der Waals surface area contributed by atoms with E-state index in [2.05, 4.69) is 0 Å². The van der Waals surface area contributed by atoms with E-state index in [0.717, 1.165) is 0 Å². The minimum atomic E-state index is -0.931. The standard InChI is InChI=1S/C13H20O8/c1-6(18-7(2)14)10-11(19-8(3)15)12(20-9(4)16)13(17-5)21-10/h6,10-13H,1-5H3. The molecule has 8 heteroatoms. The minimum Gasteiger partial charge on any atom is -0.460 e. The number of ether oxygens (including phenoxy) is 5. The van der Waals surface area contributed by atoms with Crippen molar-refractivity contribution in [1.29, 1.82) is 0 Å². The number of carbonyl (C=O) groups is 3. The highest BCUT2D eigenvalue weighted by atomic mass is 16.7. The lowest BCUT2D eigenvalue weighted by atomic mass is 10.1. The van der Waals surface area contributed by atoms with Gasteiger partial charge in [-0.05, 0) is 6.92 Å². The summed E-state index contributed by atoms with van der Waals surface area (Å²) in [5, 5.41) is 0. The van der Waals surface area contributed by atoms with Crippen LogP contribution in [0.1, 0.15) is 27.7 Å². The van der Waals surface area contributed by atoms with Crippen LogP contribution in [0.4, 0.5) is 0 Å². The van der Waals surface area contributed by atoms with Gasteiger partial charge in [0, 0.05) is 27.9 Å². The first-order chi connectivity index (χ1) is 9.76. The number of carbonyl (C=O) groups excluding carboxylic acids is 3. The van der Waals surface area contributed by atoms with Crippen molar-refractivity contribution in [1.82, 2.24) is 0 Å². The first-order valence-corrected chi connectivity index (χ1v) is 6.46. The molecule has 0 aliphatic carbocycles. The van der Waals surface area contributed by atoms with Crippen LogP contribution in [0, 0.1) is 0 Å². The average Bonchev–Trinajstić information content (AvgIpc) is 2.65. The Morgan fingerprint density at radius 2 is 1.48 bits per heavy atom. The van der Waals surface area contributed by atoms with Crippen LogP contribution in [0.15, 0.2) is 0 Å². The van der Waals surface area contributed by atoms with Crippen molar-refractivity contribution < 1.29 is 38.1 Å². The summed E-state index contributed by atoms with van der Waals surface area (Å²) in [6.07, 6.45) is -4.27. The van der Waals surface area contributed by atoms with E-state index in [0.29, 0.717) is 0 Å². The maximum absolute atomic E-state index is 11.2. The molecule has 0 radical (unpaired) electrons. The summed E-state index contributed by atoms with van der Waals surface area (Å²) < 4.78 is 25.9. The van der Waals surface area contributed by atoms with Crippen molar-refractivity contribution in [2.75, 3.05) is 7.11 Å². The molecule has 0 amide bonds. The van der Waals surface area contributed by atoms with Crippen LogP contribution in [0.3, 0.4) is 0 Å². The molecule has 0 saturated carbocycles. The van der Waals surface area contributed by atoms with E-state index < -0.39 is 48.6 Å². The number of methoxy groups -OCH3 is 1. The van der Waals surface area contributed by atoms with E-state index in [1.807, 2.05) is 0 Å². The van der Waals surface area contributed by atoms with Crippen LogP contribution in [0.5, 0.6) is 0 Å². The van der Waals surface area contributed by atoms with Gasteiger partial charge in [0.2, 0.25) is 0 Å². The van der Waals surface area contributed by atoms with E-state index in [1.54, 1.807) is 6.92 Å². The highest BCUT2D eigenvalue weighted by Gasteiger charge is 2.52. The fourth-order valence-electron chi connectivity index (χ4n) is 2.19. The smallest absolute Gasteiger partial charge is 0.303 e. The molecule has 0 spiro atoms. The first kappa shape index (κ1) is 17.4. The Kier molecular flexibility index (Phi) is 6.10. The van der Waals surface area contributed by atoms with Gasteiger partial charge >= 0.3 is 17.9 Å². The van der Waals surface area contributed by atoms with Crippen LogP contribution >= 0.6 is 0 Å². The molecular weight excluding hydrogens is 284 g/mol. The van der Waals surface area contributed by atoms with Crippen molar-refractivity contribution in [3.05, 3.63) is 0 Å². The monoisotopic (exact) mass is 304 g/mol. The third-order valence-electron chi connectivity index (χ3n) is 2.86. The maximum Gasteiger partial charge on any atom is 0.303 e. The van der Waals surface area contributed by atoms with Gasteiger partial charge in [-0.15, -0.1) is 0 Å². The lowest BCUT2D eigenvalue weighted by Crippen LogP contribution is -2.44. The molecule has 0 aromatic heterocycles. The largest absolute Gasteiger partial charge is 0.460 e. The molecule has 120 valence electrons. The molecule has 1 fully saturated rings. The van der Waals surface area contributed by atoms with Gasteiger partial charge in [0.05, 0.1) is 0 Å². The Bertz CT molecular complexity index is 407. The molecule has 1 heterocycles. The quantitative estimate of drug-likeness (QED) is 0.524. The summed E-state index contributed by atoms with van der Waals surface area (Å²) >= 11 is 0. The SMILES string of the molecule is COC1OC(C(C)OC(C)=O)C(OC(C)=O)C1OC(C)=O. The molecule has 1 aliphatic rings. The summed E-state index contributed by atoms with van der Waals surface area (Å²) in [6.45, 7) is 5.29. The Hall–Kier alpha value is -1.67. The Morgan fingerprint density at radius 3 is 1.90 bits per heavy atom. The second kappa shape index (κ2) is 7.37. The van der Waals surface area contributed by atoms with Crippen LogP contribution in [0.25, 0.3) is 0 Å². The van der Waals surface area contributed by atoms with Crippen LogP contribution < -0.4 is 0 Å². The van der Waals surface area contributed by atoms with Gasteiger partial charge in [-0.2, -0.15) is 0 Å². The normalized spacial score (nSPS) is 29.6. The van der Waals surface area contributed by atoms with Crippen LogP contribution in [0.2, 0.25) is 0 Å². The fraction of sp³-hybridized carbons (Fsp3) is 0.769. The minimum absolute atomic E-state index is 0.502. The van der Waals surface area contributed by atoms with Gasteiger partial charge in [-0.25, -0.2) is 0 Å². The molecule has 8 nitrogen and oxygen atoms in total. The predicted octanol–water partition coefficient (Wildman–Crippen LogP) is 0.173. The predicted molar refractivity (Wildman–Crippen MR) is 68.0 cm³/mol. The molecule has 0 bridgehead atoms. The van der Waals surface area contributed by atoms with Gasteiger partial charge in [0.25, 0.3) is 0 Å². The fourth-order valence-corrected chi connectivity index (χ4v) is 2.19. The highest BCUT2D eigenvalue weighted by Crippen LogP contribution is 2.30. The topological polar surface area (TPSA) is 97.4 Å².